The van der Waals surface area contributed by atoms with Gasteiger partial charge in [-0.1, -0.05) is 13.8 Å². The Labute approximate surface area is 108 Å². The summed E-state index contributed by atoms with van der Waals surface area (Å²) in [6.45, 7) is 7.60. The lowest BCUT2D eigenvalue weighted by atomic mass is 10.1. The van der Waals surface area contributed by atoms with Crippen molar-refractivity contribution in [2.75, 3.05) is 18.4 Å². The Hall–Kier alpha value is -1.58. The molecule has 98 valence electrons. The van der Waals surface area contributed by atoms with Crippen molar-refractivity contribution in [2.24, 2.45) is 0 Å². The fraction of sp³-hybridized carbons (Fsp3) is 0.571. The van der Waals surface area contributed by atoms with Crippen LogP contribution in [0.3, 0.4) is 0 Å². The summed E-state index contributed by atoms with van der Waals surface area (Å²) in [6.07, 6.45) is 2.84. The van der Waals surface area contributed by atoms with Crippen LogP contribution in [0.25, 0.3) is 0 Å². The monoisotopic (exact) mass is 247 g/mol. The van der Waals surface area contributed by atoms with Crippen molar-refractivity contribution in [1.82, 2.24) is 9.88 Å². The van der Waals surface area contributed by atoms with Gasteiger partial charge in [-0.3, -0.25) is 4.79 Å². The fourth-order valence-electron chi connectivity index (χ4n) is 2.26. The van der Waals surface area contributed by atoms with Crippen molar-refractivity contribution in [3.63, 3.8) is 0 Å². The zero-order valence-corrected chi connectivity index (χ0v) is 11.3. The second kappa shape index (κ2) is 5.38. The van der Waals surface area contributed by atoms with Crippen LogP contribution in [0, 0.1) is 0 Å². The van der Waals surface area contributed by atoms with Crippen LogP contribution in [0.2, 0.25) is 0 Å². The quantitative estimate of drug-likeness (QED) is 0.891. The zero-order valence-electron chi connectivity index (χ0n) is 11.3. The summed E-state index contributed by atoms with van der Waals surface area (Å²) >= 11 is 0. The van der Waals surface area contributed by atoms with Gasteiger partial charge in [-0.05, 0) is 30.0 Å². The first-order chi connectivity index (χ1) is 8.56. The van der Waals surface area contributed by atoms with Crippen molar-refractivity contribution in [3.8, 4) is 0 Å². The Morgan fingerprint density at radius 2 is 2.33 bits per heavy atom. The molecule has 1 amide bonds. The number of carbonyl (C=O) groups is 1. The Bertz CT molecular complexity index is 431. The number of amides is 1. The Balaban J connectivity index is 1.98. The zero-order chi connectivity index (χ0) is 13.1. The van der Waals surface area contributed by atoms with Crippen molar-refractivity contribution in [2.45, 2.75) is 39.2 Å². The van der Waals surface area contributed by atoms with Gasteiger partial charge in [0.1, 0.15) is 5.82 Å². The van der Waals surface area contributed by atoms with E-state index in [0.29, 0.717) is 12.0 Å². The lowest BCUT2D eigenvalue weighted by molar-refractivity contribution is -0.127. The van der Waals surface area contributed by atoms with Crippen molar-refractivity contribution >= 4 is 11.7 Å². The van der Waals surface area contributed by atoms with Crippen LogP contribution in [0.1, 0.15) is 38.7 Å². The van der Waals surface area contributed by atoms with E-state index in [4.69, 9.17) is 0 Å². The normalized spacial score (nSPS) is 19.3. The first-order valence-electron chi connectivity index (χ1n) is 6.54. The van der Waals surface area contributed by atoms with E-state index in [1.807, 2.05) is 17.2 Å². The van der Waals surface area contributed by atoms with Gasteiger partial charge in [0, 0.05) is 32.3 Å². The molecule has 1 atom stereocenters. The lowest BCUT2D eigenvalue weighted by Crippen LogP contribution is -2.29. The summed E-state index contributed by atoms with van der Waals surface area (Å²) in [4.78, 5) is 17.5. The van der Waals surface area contributed by atoms with E-state index in [2.05, 4.69) is 30.2 Å². The molecule has 0 spiro atoms. The standard InChI is InChI=1S/C14H21N3O/c1-10(2)12-4-6-15-14(8-12)16-13-5-7-17(9-13)11(3)18/h4,6,8,10,13H,5,7,9H2,1-3H3,(H,15,16). The van der Waals surface area contributed by atoms with E-state index in [9.17, 15) is 4.79 Å². The van der Waals surface area contributed by atoms with Crippen LogP contribution in [-0.2, 0) is 4.79 Å². The third-order valence-corrected chi connectivity index (χ3v) is 3.44. The molecule has 0 radical (unpaired) electrons. The van der Waals surface area contributed by atoms with E-state index in [1.165, 1.54) is 5.56 Å². The van der Waals surface area contributed by atoms with Gasteiger partial charge in [0.2, 0.25) is 5.91 Å². The van der Waals surface area contributed by atoms with Gasteiger partial charge in [-0.25, -0.2) is 4.98 Å². The maximum absolute atomic E-state index is 11.3. The number of likely N-dealkylation sites (tertiary alicyclic amines) is 1. The molecule has 1 N–H and O–H groups in total. The van der Waals surface area contributed by atoms with Crippen molar-refractivity contribution in [1.29, 1.82) is 0 Å². The Kier molecular flexibility index (Phi) is 3.84. The van der Waals surface area contributed by atoms with Crippen LogP contribution in [0.5, 0.6) is 0 Å². The van der Waals surface area contributed by atoms with Crippen LogP contribution >= 0.6 is 0 Å². The molecule has 0 aromatic carbocycles. The second-order valence-electron chi connectivity index (χ2n) is 5.22. The Morgan fingerprint density at radius 1 is 1.56 bits per heavy atom. The van der Waals surface area contributed by atoms with Gasteiger partial charge in [0.15, 0.2) is 0 Å². The largest absolute Gasteiger partial charge is 0.365 e. The van der Waals surface area contributed by atoms with E-state index in [1.54, 1.807) is 6.92 Å². The summed E-state index contributed by atoms with van der Waals surface area (Å²) < 4.78 is 0. The minimum atomic E-state index is 0.156. The molecule has 1 aliphatic heterocycles. The summed E-state index contributed by atoms with van der Waals surface area (Å²) in [7, 11) is 0. The molecule has 1 aromatic heterocycles. The molecule has 0 aliphatic carbocycles. The SMILES string of the molecule is CC(=O)N1CCC(Nc2cc(C(C)C)ccn2)C1. The van der Waals surface area contributed by atoms with Gasteiger partial charge in [-0.15, -0.1) is 0 Å². The van der Waals surface area contributed by atoms with Crippen LogP contribution < -0.4 is 5.32 Å². The molecule has 2 rings (SSSR count). The molecule has 4 nitrogen and oxygen atoms in total. The van der Waals surface area contributed by atoms with E-state index < -0.39 is 0 Å². The number of anilines is 1. The molecule has 0 saturated carbocycles. The number of pyridine rings is 1. The molecule has 1 aliphatic rings. The predicted octanol–water partition coefficient (Wildman–Crippen LogP) is 2.24. The molecule has 4 heteroatoms. The molecule has 1 aromatic rings. The third kappa shape index (κ3) is 3.00. The molecular formula is C14H21N3O. The molecule has 1 saturated heterocycles. The highest BCUT2D eigenvalue weighted by Gasteiger charge is 2.24. The minimum absolute atomic E-state index is 0.156. The molecular weight excluding hydrogens is 226 g/mol. The number of aromatic nitrogens is 1. The van der Waals surface area contributed by atoms with Crippen molar-refractivity contribution in [3.05, 3.63) is 23.9 Å². The molecule has 2 heterocycles. The average Bonchev–Trinajstić information content (AvgIpc) is 2.78. The van der Waals surface area contributed by atoms with Crippen molar-refractivity contribution < 1.29 is 4.79 Å². The van der Waals surface area contributed by atoms with Gasteiger partial charge in [-0.2, -0.15) is 0 Å². The summed E-state index contributed by atoms with van der Waals surface area (Å²) in [5.41, 5.74) is 1.29. The van der Waals surface area contributed by atoms with Gasteiger partial charge >= 0.3 is 0 Å². The molecule has 0 bridgehead atoms. The Morgan fingerprint density at radius 3 is 2.94 bits per heavy atom. The number of rotatable bonds is 3. The average molecular weight is 247 g/mol. The molecule has 18 heavy (non-hydrogen) atoms. The summed E-state index contributed by atoms with van der Waals surface area (Å²) in [5.74, 6) is 1.57. The first-order valence-corrected chi connectivity index (χ1v) is 6.54. The predicted molar refractivity (Wildman–Crippen MR) is 72.6 cm³/mol. The maximum Gasteiger partial charge on any atom is 0.219 e. The third-order valence-electron chi connectivity index (χ3n) is 3.44. The first kappa shape index (κ1) is 12.9. The highest BCUT2D eigenvalue weighted by atomic mass is 16.2. The molecule has 1 unspecified atom stereocenters. The van der Waals surface area contributed by atoms with Gasteiger partial charge < -0.3 is 10.2 Å². The van der Waals surface area contributed by atoms with Gasteiger partial charge in [0.25, 0.3) is 0 Å². The number of nitrogens with zero attached hydrogens (tertiary/aromatic N) is 2. The van der Waals surface area contributed by atoms with Crippen LogP contribution in [-0.4, -0.2) is 34.9 Å². The van der Waals surface area contributed by atoms with E-state index in [0.717, 1.165) is 25.3 Å². The lowest BCUT2D eigenvalue weighted by Gasteiger charge is -2.16. The summed E-state index contributed by atoms with van der Waals surface area (Å²) in [5, 5.41) is 3.42. The van der Waals surface area contributed by atoms with E-state index in [-0.39, 0.29) is 5.91 Å². The van der Waals surface area contributed by atoms with Crippen LogP contribution in [0.4, 0.5) is 5.82 Å². The maximum atomic E-state index is 11.3. The minimum Gasteiger partial charge on any atom is -0.365 e. The number of carbonyl (C=O) groups excluding carboxylic acids is 1. The number of nitrogens with one attached hydrogen (secondary N) is 1. The second-order valence-corrected chi connectivity index (χ2v) is 5.22. The fourth-order valence-corrected chi connectivity index (χ4v) is 2.26. The smallest absolute Gasteiger partial charge is 0.219 e. The highest BCUT2D eigenvalue weighted by molar-refractivity contribution is 5.73. The topological polar surface area (TPSA) is 45.2 Å². The summed E-state index contributed by atoms with van der Waals surface area (Å²) in [6, 6.07) is 4.47. The van der Waals surface area contributed by atoms with E-state index >= 15 is 0 Å². The number of hydrogen-bond acceptors (Lipinski definition) is 3. The van der Waals surface area contributed by atoms with Crippen LogP contribution in [0.15, 0.2) is 18.3 Å². The number of hydrogen-bond donors (Lipinski definition) is 1. The highest BCUT2D eigenvalue weighted by Crippen LogP contribution is 2.19. The van der Waals surface area contributed by atoms with Gasteiger partial charge in [0.05, 0.1) is 0 Å². The molecule has 1 fully saturated rings.